The predicted octanol–water partition coefficient (Wildman–Crippen LogP) is -1.36. The summed E-state index contributed by atoms with van der Waals surface area (Å²) in [6.07, 6.45) is -6.11. The molecule has 0 aromatic carbocycles. The molecule has 9 nitrogen and oxygen atoms in total. The quantitative estimate of drug-likeness (QED) is 0.488. The van der Waals surface area contributed by atoms with E-state index in [-0.39, 0.29) is 22.8 Å². The molecule has 0 aliphatic carbocycles. The van der Waals surface area contributed by atoms with Crippen molar-refractivity contribution in [1.29, 1.82) is 5.26 Å². The highest BCUT2D eigenvalue weighted by Gasteiger charge is 2.45. The van der Waals surface area contributed by atoms with E-state index in [1.165, 1.54) is 13.1 Å². The number of nitriles is 1. The molecule has 1 aliphatic heterocycles. The second-order valence-electron chi connectivity index (χ2n) is 5.46. The Morgan fingerprint density at radius 2 is 2.04 bits per heavy atom. The SMILES string of the molecule is CC(=O)c1cnc(O[C@@H]2O[C@H](CO)[C@@H](O)[C@H](O)[C@H]2O)c(C#N)c1C. The summed E-state index contributed by atoms with van der Waals surface area (Å²) < 4.78 is 10.6. The largest absolute Gasteiger partial charge is 0.444 e. The molecular weight excluding hydrogens is 320 g/mol. The first kappa shape index (κ1) is 18.3. The molecule has 1 saturated heterocycles. The highest BCUT2D eigenvalue weighted by Crippen LogP contribution is 2.27. The summed E-state index contributed by atoms with van der Waals surface area (Å²) in [4.78, 5) is 15.4. The van der Waals surface area contributed by atoms with E-state index in [4.69, 9.17) is 14.6 Å². The maximum absolute atomic E-state index is 11.5. The average Bonchev–Trinajstić information content (AvgIpc) is 2.55. The van der Waals surface area contributed by atoms with Gasteiger partial charge in [-0.05, 0) is 19.4 Å². The third-order valence-corrected chi connectivity index (χ3v) is 3.87. The Labute approximate surface area is 137 Å². The van der Waals surface area contributed by atoms with Gasteiger partial charge in [-0.15, -0.1) is 0 Å². The van der Waals surface area contributed by atoms with Gasteiger partial charge in [0, 0.05) is 11.8 Å². The van der Waals surface area contributed by atoms with Gasteiger partial charge in [-0.1, -0.05) is 0 Å². The van der Waals surface area contributed by atoms with Crippen LogP contribution in [0.15, 0.2) is 6.20 Å². The summed E-state index contributed by atoms with van der Waals surface area (Å²) in [6, 6.07) is 1.87. The Morgan fingerprint density at radius 1 is 1.38 bits per heavy atom. The molecule has 0 spiro atoms. The number of pyridine rings is 1. The van der Waals surface area contributed by atoms with Gasteiger partial charge in [0.2, 0.25) is 12.2 Å². The summed E-state index contributed by atoms with van der Waals surface area (Å²) in [5.41, 5.74) is 0.604. The van der Waals surface area contributed by atoms with E-state index in [1.54, 1.807) is 6.92 Å². The van der Waals surface area contributed by atoms with Crippen molar-refractivity contribution < 1.29 is 34.7 Å². The van der Waals surface area contributed by atoms with Crippen molar-refractivity contribution in [3.8, 4) is 11.9 Å². The Bertz CT molecular complexity index is 671. The van der Waals surface area contributed by atoms with E-state index in [0.29, 0.717) is 5.56 Å². The molecule has 0 unspecified atom stereocenters. The van der Waals surface area contributed by atoms with Gasteiger partial charge < -0.3 is 29.9 Å². The number of aliphatic hydroxyl groups is 4. The van der Waals surface area contributed by atoms with Crippen LogP contribution in [-0.2, 0) is 4.74 Å². The van der Waals surface area contributed by atoms with Gasteiger partial charge >= 0.3 is 0 Å². The minimum atomic E-state index is -1.62. The highest BCUT2D eigenvalue weighted by atomic mass is 16.7. The molecule has 0 bridgehead atoms. The van der Waals surface area contributed by atoms with Crippen LogP contribution in [0.4, 0.5) is 0 Å². The van der Waals surface area contributed by atoms with E-state index in [1.807, 2.05) is 6.07 Å². The minimum absolute atomic E-state index is 0.0142. The number of aromatic nitrogens is 1. The summed E-state index contributed by atoms with van der Waals surface area (Å²) in [5.74, 6) is -0.458. The first-order valence-corrected chi connectivity index (χ1v) is 7.19. The fourth-order valence-corrected chi connectivity index (χ4v) is 2.43. The minimum Gasteiger partial charge on any atom is -0.444 e. The van der Waals surface area contributed by atoms with Crippen molar-refractivity contribution in [3.63, 3.8) is 0 Å². The molecule has 1 aromatic heterocycles. The summed E-state index contributed by atoms with van der Waals surface area (Å²) >= 11 is 0. The number of Topliss-reactive ketones (excluding diaryl/α,β-unsaturated/α-hetero) is 1. The van der Waals surface area contributed by atoms with Gasteiger partial charge in [-0.2, -0.15) is 5.26 Å². The van der Waals surface area contributed by atoms with Crippen molar-refractivity contribution in [3.05, 3.63) is 22.9 Å². The van der Waals surface area contributed by atoms with Crippen LogP contribution in [0, 0.1) is 18.3 Å². The van der Waals surface area contributed by atoms with Gasteiger partial charge in [0.1, 0.15) is 36.0 Å². The first-order valence-electron chi connectivity index (χ1n) is 7.19. The Kier molecular flexibility index (Phi) is 5.48. The zero-order valence-corrected chi connectivity index (χ0v) is 13.1. The number of hydrogen-bond acceptors (Lipinski definition) is 9. The predicted molar refractivity (Wildman–Crippen MR) is 78.1 cm³/mol. The Balaban J connectivity index is 2.32. The smallest absolute Gasteiger partial charge is 0.234 e. The second kappa shape index (κ2) is 7.21. The summed E-state index contributed by atoms with van der Waals surface area (Å²) in [7, 11) is 0. The van der Waals surface area contributed by atoms with Crippen molar-refractivity contribution in [2.75, 3.05) is 6.61 Å². The van der Waals surface area contributed by atoms with E-state index in [9.17, 15) is 25.4 Å². The number of nitrogens with zero attached hydrogens (tertiary/aromatic N) is 2. The second-order valence-corrected chi connectivity index (χ2v) is 5.46. The van der Waals surface area contributed by atoms with Crippen LogP contribution in [0.1, 0.15) is 28.4 Å². The van der Waals surface area contributed by atoms with Crippen LogP contribution in [-0.4, -0.2) is 68.5 Å². The van der Waals surface area contributed by atoms with E-state index >= 15 is 0 Å². The topological polar surface area (TPSA) is 153 Å². The fourth-order valence-electron chi connectivity index (χ4n) is 2.43. The number of carbonyl (C=O) groups excluding carboxylic acids is 1. The van der Waals surface area contributed by atoms with Gasteiger partial charge in [0.05, 0.1) is 6.61 Å². The summed E-state index contributed by atoms with van der Waals surface area (Å²) in [6.45, 7) is 2.28. The lowest BCUT2D eigenvalue weighted by atomic mass is 9.99. The van der Waals surface area contributed by atoms with Crippen LogP contribution in [0.2, 0.25) is 0 Å². The molecule has 1 aromatic rings. The molecule has 0 saturated carbocycles. The molecule has 4 N–H and O–H groups in total. The van der Waals surface area contributed by atoms with Crippen molar-refractivity contribution in [2.24, 2.45) is 0 Å². The highest BCUT2D eigenvalue weighted by molar-refractivity contribution is 5.95. The average molecular weight is 338 g/mol. The molecule has 130 valence electrons. The molecule has 0 amide bonds. The van der Waals surface area contributed by atoms with Crippen LogP contribution in [0.5, 0.6) is 5.88 Å². The third-order valence-electron chi connectivity index (χ3n) is 3.87. The van der Waals surface area contributed by atoms with Gasteiger partial charge in [-0.3, -0.25) is 4.79 Å². The maximum atomic E-state index is 11.5. The third kappa shape index (κ3) is 3.24. The molecule has 24 heavy (non-hydrogen) atoms. The molecule has 0 radical (unpaired) electrons. The Hall–Kier alpha value is -2.09. The van der Waals surface area contributed by atoms with Gasteiger partial charge in [0.25, 0.3) is 0 Å². The van der Waals surface area contributed by atoms with Gasteiger partial charge in [0.15, 0.2) is 5.78 Å². The molecule has 1 fully saturated rings. The number of hydrogen-bond donors (Lipinski definition) is 4. The van der Waals surface area contributed by atoms with Crippen molar-refractivity contribution in [1.82, 2.24) is 4.98 Å². The van der Waals surface area contributed by atoms with E-state index in [0.717, 1.165) is 0 Å². The molecular formula is C15H18N2O7. The summed E-state index contributed by atoms with van der Waals surface area (Å²) in [5, 5.41) is 47.9. The zero-order valence-electron chi connectivity index (χ0n) is 13.1. The monoisotopic (exact) mass is 338 g/mol. The first-order chi connectivity index (χ1) is 11.3. The van der Waals surface area contributed by atoms with Crippen molar-refractivity contribution in [2.45, 2.75) is 44.6 Å². The number of aliphatic hydroxyl groups excluding tert-OH is 4. The molecule has 9 heteroatoms. The molecule has 2 rings (SSSR count). The van der Waals surface area contributed by atoms with Gasteiger partial charge in [-0.25, -0.2) is 4.98 Å². The van der Waals surface area contributed by atoms with Crippen LogP contribution in [0.25, 0.3) is 0 Å². The lowest BCUT2D eigenvalue weighted by molar-refractivity contribution is -0.278. The zero-order chi connectivity index (χ0) is 18.0. The lowest BCUT2D eigenvalue weighted by Gasteiger charge is -2.39. The van der Waals surface area contributed by atoms with Crippen LogP contribution in [0.3, 0.4) is 0 Å². The number of rotatable bonds is 4. The van der Waals surface area contributed by atoms with Crippen LogP contribution >= 0.6 is 0 Å². The number of ketones is 1. The number of ether oxygens (including phenoxy) is 2. The standard InChI is InChI=1S/C15H18N2O7/c1-6-8(3-16)14(17-4-9(6)7(2)19)24-15-13(22)12(21)11(20)10(5-18)23-15/h4,10-13,15,18,20-22H,5H2,1-2H3/t10-,11-,12+,13-,15+/m1/s1. The maximum Gasteiger partial charge on any atom is 0.234 e. The number of carbonyl (C=O) groups is 1. The molecule has 1 aliphatic rings. The molecule has 2 heterocycles. The Morgan fingerprint density at radius 3 is 2.58 bits per heavy atom. The normalized spacial score (nSPS) is 29.8. The van der Waals surface area contributed by atoms with E-state index < -0.39 is 37.3 Å². The van der Waals surface area contributed by atoms with Crippen LogP contribution < -0.4 is 4.74 Å². The van der Waals surface area contributed by atoms with E-state index in [2.05, 4.69) is 4.98 Å². The molecule has 5 atom stereocenters. The fraction of sp³-hybridized carbons (Fsp3) is 0.533. The lowest BCUT2D eigenvalue weighted by Crippen LogP contribution is -2.60. The van der Waals surface area contributed by atoms with Crippen molar-refractivity contribution >= 4 is 5.78 Å².